The number of ketones is 1. The first-order chi connectivity index (χ1) is 12.5. The molecule has 3 rings (SSSR count). The molecule has 0 aliphatic heterocycles. The zero-order chi connectivity index (χ0) is 18.6. The van der Waals surface area contributed by atoms with Crippen LogP contribution in [0.5, 0.6) is 0 Å². The molecule has 1 N–H and O–H groups in total. The van der Waals surface area contributed by atoms with E-state index in [0.717, 1.165) is 5.56 Å². The summed E-state index contributed by atoms with van der Waals surface area (Å²) in [6, 6.07) is 17.7. The molecule has 0 saturated carbocycles. The van der Waals surface area contributed by atoms with E-state index in [0.29, 0.717) is 17.8 Å². The molecule has 26 heavy (non-hydrogen) atoms. The number of carbonyl (C=O) groups is 1. The quantitative estimate of drug-likeness (QED) is 0.649. The van der Waals surface area contributed by atoms with E-state index < -0.39 is 10.0 Å². The van der Waals surface area contributed by atoms with Crippen molar-refractivity contribution in [2.45, 2.75) is 18.4 Å². The molecule has 0 aliphatic carbocycles. The van der Waals surface area contributed by atoms with E-state index >= 15 is 0 Å². The van der Waals surface area contributed by atoms with Crippen molar-refractivity contribution in [2.75, 3.05) is 6.54 Å². The van der Waals surface area contributed by atoms with Gasteiger partial charge in [0.1, 0.15) is 0 Å². The van der Waals surface area contributed by atoms with Crippen molar-refractivity contribution in [3.63, 3.8) is 0 Å². The van der Waals surface area contributed by atoms with Gasteiger partial charge in [-0.1, -0.05) is 48.5 Å². The third-order valence-corrected chi connectivity index (χ3v) is 5.33. The second-order valence-electron chi connectivity index (χ2n) is 5.87. The molecule has 1 heterocycles. The van der Waals surface area contributed by atoms with E-state index in [1.54, 1.807) is 36.0 Å². The van der Waals surface area contributed by atoms with E-state index in [4.69, 9.17) is 0 Å². The number of sulfonamides is 1. The lowest BCUT2D eigenvalue weighted by Gasteiger charge is -2.05. The van der Waals surface area contributed by atoms with Crippen LogP contribution in [-0.4, -0.2) is 30.5 Å². The predicted octanol–water partition coefficient (Wildman–Crippen LogP) is 2.40. The molecule has 2 aromatic carbocycles. The molecule has 0 amide bonds. The van der Waals surface area contributed by atoms with Crippen LogP contribution in [0.3, 0.4) is 0 Å². The van der Waals surface area contributed by atoms with Crippen molar-refractivity contribution in [2.24, 2.45) is 0 Å². The molecule has 0 atom stereocenters. The first-order valence-corrected chi connectivity index (χ1v) is 9.60. The molecule has 0 spiro atoms. The molecule has 0 radical (unpaired) electrons. The number of hydrogen-bond acceptors (Lipinski definition) is 4. The fourth-order valence-electron chi connectivity index (χ4n) is 2.58. The lowest BCUT2D eigenvalue weighted by atomic mass is 10.2. The molecule has 134 valence electrons. The second-order valence-corrected chi connectivity index (χ2v) is 7.64. The number of benzene rings is 2. The van der Waals surface area contributed by atoms with Crippen LogP contribution in [0.4, 0.5) is 0 Å². The largest absolute Gasteiger partial charge is 0.293 e. The molecule has 0 bridgehead atoms. The third-order valence-electron chi connectivity index (χ3n) is 3.91. The standard InChI is InChI=1S/C19H19N3O3S/c1-15-18(14-22(21-15)13-16-8-4-2-5-9-16)19(23)12-20-26(24,25)17-10-6-3-7-11-17/h2-11,14,20H,12-13H2,1H3. The lowest BCUT2D eigenvalue weighted by molar-refractivity contribution is 0.0996. The Bertz CT molecular complexity index is 997. The predicted molar refractivity (Wildman–Crippen MR) is 98.5 cm³/mol. The average Bonchev–Trinajstić information content (AvgIpc) is 3.01. The Morgan fingerprint density at radius 2 is 1.65 bits per heavy atom. The maximum Gasteiger partial charge on any atom is 0.240 e. The lowest BCUT2D eigenvalue weighted by Crippen LogP contribution is -2.29. The van der Waals surface area contributed by atoms with Gasteiger partial charge in [-0.05, 0) is 24.6 Å². The zero-order valence-electron chi connectivity index (χ0n) is 14.3. The average molecular weight is 369 g/mol. The maximum absolute atomic E-state index is 12.4. The minimum Gasteiger partial charge on any atom is -0.293 e. The fraction of sp³-hybridized carbons (Fsp3) is 0.158. The monoisotopic (exact) mass is 369 g/mol. The summed E-state index contributed by atoms with van der Waals surface area (Å²) in [7, 11) is -3.72. The molecule has 1 aromatic heterocycles. The molecule has 0 saturated heterocycles. The van der Waals surface area contributed by atoms with Crippen LogP contribution >= 0.6 is 0 Å². The van der Waals surface area contributed by atoms with Crippen molar-refractivity contribution in [1.82, 2.24) is 14.5 Å². The molecular weight excluding hydrogens is 350 g/mol. The molecule has 0 unspecified atom stereocenters. The highest BCUT2D eigenvalue weighted by atomic mass is 32.2. The number of nitrogens with one attached hydrogen (secondary N) is 1. The number of aromatic nitrogens is 2. The van der Waals surface area contributed by atoms with E-state index in [2.05, 4.69) is 9.82 Å². The SMILES string of the molecule is Cc1nn(Cc2ccccc2)cc1C(=O)CNS(=O)(=O)c1ccccc1. The van der Waals surface area contributed by atoms with Gasteiger partial charge < -0.3 is 0 Å². The summed E-state index contributed by atoms with van der Waals surface area (Å²) in [5.41, 5.74) is 2.06. The van der Waals surface area contributed by atoms with Gasteiger partial charge in [-0.15, -0.1) is 0 Å². The van der Waals surface area contributed by atoms with Gasteiger partial charge in [0.25, 0.3) is 0 Å². The summed E-state index contributed by atoms with van der Waals surface area (Å²) in [6.07, 6.45) is 1.65. The topological polar surface area (TPSA) is 81.1 Å². The minimum absolute atomic E-state index is 0.129. The smallest absolute Gasteiger partial charge is 0.240 e. The van der Waals surface area contributed by atoms with Crippen LogP contribution < -0.4 is 4.72 Å². The van der Waals surface area contributed by atoms with Gasteiger partial charge in [0, 0.05) is 6.20 Å². The number of Topliss-reactive ketones (excluding diaryl/α,β-unsaturated/α-hetero) is 1. The Morgan fingerprint density at radius 1 is 1.04 bits per heavy atom. The van der Waals surface area contributed by atoms with Gasteiger partial charge in [-0.3, -0.25) is 9.48 Å². The first kappa shape index (κ1) is 18.0. The Kier molecular flexibility index (Phi) is 5.29. The zero-order valence-corrected chi connectivity index (χ0v) is 15.1. The van der Waals surface area contributed by atoms with E-state index in [-0.39, 0.29) is 17.2 Å². The Labute approximate surface area is 152 Å². The molecule has 0 aliphatic rings. The fourth-order valence-corrected chi connectivity index (χ4v) is 3.59. The highest BCUT2D eigenvalue weighted by Gasteiger charge is 2.18. The van der Waals surface area contributed by atoms with Crippen molar-refractivity contribution in [3.8, 4) is 0 Å². The summed E-state index contributed by atoms with van der Waals surface area (Å²) in [5, 5.41) is 4.35. The number of hydrogen-bond donors (Lipinski definition) is 1. The third kappa shape index (κ3) is 4.25. The summed E-state index contributed by atoms with van der Waals surface area (Å²) in [5.74, 6) is -0.318. The maximum atomic E-state index is 12.4. The van der Waals surface area contributed by atoms with Gasteiger partial charge in [0.2, 0.25) is 10.0 Å². The normalized spacial score (nSPS) is 11.4. The van der Waals surface area contributed by atoms with Gasteiger partial charge in [-0.25, -0.2) is 13.1 Å². The van der Waals surface area contributed by atoms with E-state index in [9.17, 15) is 13.2 Å². The first-order valence-electron chi connectivity index (χ1n) is 8.11. The molecule has 7 heteroatoms. The summed E-state index contributed by atoms with van der Waals surface area (Å²) >= 11 is 0. The number of aryl methyl sites for hydroxylation is 1. The summed E-state index contributed by atoms with van der Waals surface area (Å²) in [4.78, 5) is 12.6. The van der Waals surface area contributed by atoms with Gasteiger partial charge in [-0.2, -0.15) is 5.10 Å². The molecule has 6 nitrogen and oxygen atoms in total. The number of rotatable bonds is 7. The molecule has 3 aromatic rings. The highest BCUT2D eigenvalue weighted by molar-refractivity contribution is 7.89. The van der Waals surface area contributed by atoms with E-state index in [1.165, 1.54) is 12.1 Å². The van der Waals surface area contributed by atoms with Crippen LogP contribution in [-0.2, 0) is 16.6 Å². The van der Waals surface area contributed by atoms with Crippen LogP contribution in [0.25, 0.3) is 0 Å². The van der Waals surface area contributed by atoms with Crippen LogP contribution in [0.15, 0.2) is 71.8 Å². The Balaban J connectivity index is 1.69. The minimum atomic E-state index is -3.72. The van der Waals surface area contributed by atoms with Crippen molar-refractivity contribution in [3.05, 3.63) is 83.7 Å². The number of nitrogens with zero attached hydrogens (tertiary/aromatic N) is 2. The van der Waals surface area contributed by atoms with Crippen LogP contribution in [0, 0.1) is 6.92 Å². The van der Waals surface area contributed by atoms with Crippen molar-refractivity contribution >= 4 is 15.8 Å². The molecule has 0 fully saturated rings. The van der Waals surface area contributed by atoms with Gasteiger partial charge >= 0.3 is 0 Å². The second kappa shape index (κ2) is 7.63. The Morgan fingerprint density at radius 3 is 2.31 bits per heavy atom. The summed E-state index contributed by atoms with van der Waals surface area (Å²) < 4.78 is 28.5. The van der Waals surface area contributed by atoms with Crippen molar-refractivity contribution in [1.29, 1.82) is 0 Å². The van der Waals surface area contributed by atoms with Gasteiger partial charge in [0.15, 0.2) is 5.78 Å². The Hall–Kier alpha value is -2.77. The number of carbonyl (C=O) groups excluding carboxylic acids is 1. The van der Waals surface area contributed by atoms with Crippen molar-refractivity contribution < 1.29 is 13.2 Å². The van der Waals surface area contributed by atoms with Gasteiger partial charge in [0.05, 0.1) is 29.2 Å². The highest BCUT2D eigenvalue weighted by Crippen LogP contribution is 2.11. The van der Waals surface area contributed by atoms with Crippen LogP contribution in [0.1, 0.15) is 21.6 Å². The van der Waals surface area contributed by atoms with Crippen LogP contribution in [0.2, 0.25) is 0 Å². The molecular formula is C19H19N3O3S. The van der Waals surface area contributed by atoms with E-state index in [1.807, 2.05) is 30.3 Å². The summed E-state index contributed by atoms with van der Waals surface area (Å²) in [6.45, 7) is 1.97.